The highest BCUT2D eigenvalue weighted by atomic mass is 32.1. The third-order valence-electron chi connectivity index (χ3n) is 3.05. The van der Waals surface area contributed by atoms with Crippen LogP contribution in [0.3, 0.4) is 0 Å². The van der Waals surface area contributed by atoms with Crippen molar-refractivity contribution < 1.29 is 4.74 Å². The smallest absolute Gasteiger partial charge is 0.298 e. The summed E-state index contributed by atoms with van der Waals surface area (Å²) < 4.78 is 10.2. The van der Waals surface area contributed by atoms with E-state index >= 15 is 0 Å². The third kappa shape index (κ3) is 2.32. The van der Waals surface area contributed by atoms with E-state index in [9.17, 15) is 0 Å². The number of hydrogen-bond acceptors (Lipinski definition) is 5. The van der Waals surface area contributed by atoms with Crippen LogP contribution in [0.5, 0.6) is 10.9 Å². The molecule has 0 bridgehead atoms. The standard InChI is InChI=1S/C15H15N3OS/c1-9(2)14-17-15(20-18-14)19-13-8-7-12(16)10-5-3-4-6-11(10)13/h3-9H,16H2,1-2H3. The van der Waals surface area contributed by atoms with Crippen LogP contribution in [0, 0.1) is 0 Å². The molecule has 0 aliphatic rings. The number of fused-ring (bicyclic) bond motifs is 1. The Labute approximate surface area is 121 Å². The zero-order chi connectivity index (χ0) is 14.1. The summed E-state index contributed by atoms with van der Waals surface area (Å²) in [7, 11) is 0. The Hall–Kier alpha value is -2.14. The first-order chi connectivity index (χ1) is 9.65. The van der Waals surface area contributed by atoms with Crippen molar-refractivity contribution >= 4 is 28.0 Å². The Kier molecular flexibility index (Phi) is 3.28. The molecular weight excluding hydrogens is 270 g/mol. The number of ether oxygens (including phenoxy) is 1. The second-order valence-electron chi connectivity index (χ2n) is 4.87. The summed E-state index contributed by atoms with van der Waals surface area (Å²) in [5.41, 5.74) is 6.72. The maximum Gasteiger partial charge on any atom is 0.298 e. The van der Waals surface area contributed by atoms with Gasteiger partial charge in [-0.3, -0.25) is 0 Å². The van der Waals surface area contributed by atoms with Crippen LogP contribution < -0.4 is 10.5 Å². The largest absolute Gasteiger partial charge is 0.429 e. The number of anilines is 1. The van der Waals surface area contributed by atoms with Gasteiger partial charge in [-0.1, -0.05) is 38.1 Å². The predicted molar refractivity (Wildman–Crippen MR) is 82.4 cm³/mol. The molecule has 3 aromatic rings. The molecule has 2 N–H and O–H groups in total. The van der Waals surface area contributed by atoms with E-state index in [2.05, 4.69) is 23.2 Å². The van der Waals surface area contributed by atoms with Gasteiger partial charge in [0.2, 0.25) is 0 Å². The van der Waals surface area contributed by atoms with Gasteiger partial charge >= 0.3 is 0 Å². The number of rotatable bonds is 3. The summed E-state index contributed by atoms with van der Waals surface area (Å²) in [5, 5.41) is 2.52. The molecule has 5 heteroatoms. The predicted octanol–water partition coefficient (Wildman–Crippen LogP) is 4.19. The molecular formula is C15H15N3OS. The van der Waals surface area contributed by atoms with E-state index in [0.717, 1.165) is 28.0 Å². The molecule has 102 valence electrons. The lowest BCUT2D eigenvalue weighted by Crippen LogP contribution is -1.92. The van der Waals surface area contributed by atoms with Gasteiger partial charge < -0.3 is 10.5 Å². The Morgan fingerprint density at radius 1 is 1.10 bits per heavy atom. The quantitative estimate of drug-likeness (QED) is 0.733. The van der Waals surface area contributed by atoms with Crippen LogP contribution in [0.4, 0.5) is 5.69 Å². The molecule has 0 fully saturated rings. The first-order valence-corrected chi connectivity index (χ1v) is 7.21. The van der Waals surface area contributed by atoms with Gasteiger partial charge in [0.15, 0.2) is 0 Å². The molecule has 0 saturated heterocycles. The molecule has 4 nitrogen and oxygen atoms in total. The highest BCUT2D eigenvalue weighted by Crippen LogP contribution is 2.34. The number of benzene rings is 2. The van der Waals surface area contributed by atoms with Crippen molar-refractivity contribution in [2.75, 3.05) is 5.73 Å². The van der Waals surface area contributed by atoms with Crippen LogP contribution in [0.25, 0.3) is 10.8 Å². The minimum atomic E-state index is 0.298. The fourth-order valence-corrected chi connectivity index (χ4v) is 2.66. The van der Waals surface area contributed by atoms with Crippen molar-refractivity contribution in [2.24, 2.45) is 0 Å². The molecule has 20 heavy (non-hydrogen) atoms. The topological polar surface area (TPSA) is 61.0 Å². The SMILES string of the molecule is CC(C)c1nsc(Oc2ccc(N)c3ccccc23)n1. The molecule has 0 unspecified atom stereocenters. The van der Waals surface area contributed by atoms with Gasteiger partial charge in [0.1, 0.15) is 11.6 Å². The van der Waals surface area contributed by atoms with Crippen LogP contribution >= 0.6 is 11.5 Å². The van der Waals surface area contributed by atoms with E-state index in [1.54, 1.807) is 0 Å². The number of nitrogen functional groups attached to an aromatic ring is 1. The summed E-state index contributed by atoms with van der Waals surface area (Å²) in [6, 6.07) is 11.6. The Balaban J connectivity index is 2.00. The molecule has 1 aromatic heterocycles. The van der Waals surface area contributed by atoms with Gasteiger partial charge in [-0.25, -0.2) is 0 Å². The van der Waals surface area contributed by atoms with Crippen LogP contribution in [0.15, 0.2) is 36.4 Å². The maximum absolute atomic E-state index is 5.98. The van der Waals surface area contributed by atoms with Gasteiger partial charge in [0.25, 0.3) is 5.19 Å². The van der Waals surface area contributed by atoms with Gasteiger partial charge in [-0.15, -0.1) is 0 Å². The minimum absolute atomic E-state index is 0.298. The van der Waals surface area contributed by atoms with Crippen molar-refractivity contribution in [3.05, 3.63) is 42.2 Å². The average Bonchev–Trinajstić information content (AvgIpc) is 2.91. The Morgan fingerprint density at radius 3 is 2.55 bits per heavy atom. The van der Waals surface area contributed by atoms with Crippen molar-refractivity contribution in [1.82, 2.24) is 9.36 Å². The second-order valence-corrected chi connectivity index (χ2v) is 5.59. The van der Waals surface area contributed by atoms with Crippen LogP contribution in [-0.4, -0.2) is 9.36 Å². The maximum atomic E-state index is 5.98. The Morgan fingerprint density at radius 2 is 1.85 bits per heavy atom. The van der Waals surface area contributed by atoms with Crippen molar-refractivity contribution in [3.63, 3.8) is 0 Å². The third-order valence-corrected chi connectivity index (χ3v) is 3.66. The fourth-order valence-electron chi connectivity index (χ4n) is 1.97. The summed E-state index contributed by atoms with van der Waals surface area (Å²) in [4.78, 5) is 4.39. The molecule has 1 heterocycles. The van der Waals surface area contributed by atoms with Crippen molar-refractivity contribution in [2.45, 2.75) is 19.8 Å². The summed E-state index contributed by atoms with van der Waals surface area (Å²) >= 11 is 1.27. The molecule has 0 aliphatic carbocycles. The molecule has 0 atom stereocenters. The number of nitrogens with two attached hydrogens (primary N) is 1. The number of aromatic nitrogens is 2. The average molecular weight is 285 g/mol. The zero-order valence-electron chi connectivity index (χ0n) is 11.3. The Bertz CT molecular complexity index is 752. The lowest BCUT2D eigenvalue weighted by atomic mass is 10.1. The van der Waals surface area contributed by atoms with E-state index in [0.29, 0.717) is 11.1 Å². The first-order valence-electron chi connectivity index (χ1n) is 6.44. The van der Waals surface area contributed by atoms with E-state index in [1.807, 2.05) is 36.4 Å². The molecule has 2 aromatic carbocycles. The second kappa shape index (κ2) is 5.09. The highest BCUT2D eigenvalue weighted by Gasteiger charge is 2.11. The number of nitrogens with zero attached hydrogens (tertiary/aromatic N) is 2. The van der Waals surface area contributed by atoms with Crippen molar-refractivity contribution in [3.8, 4) is 10.9 Å². The van der Waals surface area contributed by atoms with E-state index in [1.165, 1.54) is 11.5 Å². The lowest BCUT2D eigenvalue weighted by Gasteiger charge is -2.07. The molecule has 0 aliphatic heterocycles. The van der Waals surface area contributed by atoms with Gasteiger partial charge in [-0.2, -0.15) is 9.36 Å². The van der Waals surface area contributed by atoms with Crippen molar-refractivity contribution in [1.29, 1.82) is 0 Å². The number of hydrogen-bond donors (Lipinski definition) is 1. The molecule has 0 amide bonds. The highest BCUT2D eigenvalue weighted by molar-refractivity contribution is 7.07. The van der Waals surface area contributed by atoms with Gasteiger partial charge in [0.05, 0.1) is 0 Å². The van der Waals surface area contributed by atoms with Crippen LogP contribution in [0.1, 0.15) is 25.6 Å². The molecule has 0 saturated carbocycles. The minimum Gasteiger partial charge on any atom is -0.429 e. The summed E-state index contributed by atoms with van der Waals surface area (Å²) in [6.07, 6.45) is 0. The zero-order valence-corrected chi connectivity index (χ0v) is 12.1. The van der Waals surface area contributed by atoms with Gasteiger partial charge in [0, 0.05) is 33.9 Å². The molecule has 0 radical (unpaired) electrons. The first kappa shape index (κ1) is 12.9. The van der Waals surface area contributed by atoms with E-state index < -0.39 is 0 Å². The summed E-state index contributed by atoms with van der Waals surface area (Å²) in [6.45, 7) is 4.12. The normalized spacial score (nSPS) is 11.2. The monoisotopic (exact) mass is 285 g/mol. The fraction of sp³-hybridized carbons (Fsp3) is 0.200. The molecule has 3 rings (SSSR count). The molecule has 0 spiro atoms. The summed E-state index contributed by atoms with van der Waals surface area (Å²) in [5.74, 6) is 1.86. The van der Waals surface area contributed by atoms with Gasteiger partial charge in [-0.05, 0) is 12.1 Å². The van der Waals surface area contributed by atoms with Crippen LogP contribution in [0.2, 0.25) is 0 Å². The van der Waals surface area contributed by atoms with E-state index in [4.69, 9.17) is 10.5 Å². The van der Waals surface area contributed by atoms with Crippen LogP contribution in [-0.2, 0) is 0 Å². The lowest BCUT2D eigenvalue weighted by molar-refractivity contribution is 0.481. The van der Waals surface area contributed by atoms with E-state index in [-0.39, 0.29) is 0 Å².